The summed E-state index contributed by atoms with van der Waals surface area (Å²) in [5.74, 6) is -0.104. The predicted octanol–water partition coefficient (Wildman–Crippen LogP) is 4.17. The second-order valence-electron chi connectivity index (χ2n) is 7.29. The zero-order chi connectivity index (χ0) is 24.1. The van der Waals surface area contributed by atoms with Gasteiger partial charge in [-0.25, -0.2) is 0 Å². The molecule has 2 aliphatic rings. The fourth-order valence-corrected chi connectivity index (χ4v) is 3.28. The lowest BCUT2D eigenvalue weighted by Crippen LogP contribution is -2.57. The first kappa shape index (κ1) is 26.1. The molecule has 4 N–H and O–H groups in total. The predicted molar refractivity (Wildman–Crippen MR) is 135 cm³/mol. The number of benzene rings is 1. The van der Waals surface area contributed by atoms with Gasteiger partial charge in [-0.1, -0.05) is 24.3 Å². The fourth-order valence-electron chi connectivity index (χ4n) is 2.88. The van der Waals surface area contributed by atoms with Gasteiger partial charge in [0.2, 0.25) is 5.91 Å². The van der Waals surface area contributed by atoms with Gasteiger partial charge in [0.1, 0.15) is 6.17 Å². The minimum atomic E-state index is -0.163. The van der Waals surface area contributed by atoms with Crippen molar-refractivity contribution in [2.24, 2.45) is 4.99 Å². The van der Waals surface area contributed by atoms with Gasteiger partial charge in [-0.3, -0.25) is 9.79 Å². The van der Waals surface area contributed by atoms with Crippen LogP contribution >= 0.6 is 12.0 Å². The van der Waals surface area contributed by atoms with Crippen molar-refractivity contribution in [2.75, 3.05) is 12.4 Å². The molecule has 2 aliphatic heterocycles. The van der Waals surface area contributed by atoms with E-state index >= 15 is 0 Å². The Kier molecular flexibility index (Phi) is 11.2. The summed E-state index contributed by atoms with van der Waals surface area (Å²) in [6.45, 7) is 9.09. The van der Waals surface area contributed by atoms with E-state index in [-0.39, 0.29) is 18.1 Å². The van der Waals surface area contributed by atoms with E-state index in [0.717, 1.165) is 33.9 Å². The van der Waals surface area contributed by atoms with E-state index in [0.29, 0.717) is 0 Å². The van der Waals surface area contributed by atoms with Gasteiger partial charge >= 0.3 is 0 Å². The standard InChI is InChI=1S/C17H20N4O3S.C7H11N/c1-11-10-13-4-3-9-18-16(13)17(19-11)21-23-24-25-15-7-5-14(6-8-15)20-12(2)22;1-7(2)5-4-6-8-3/h3-10,16-19,21H,1-2H3,(H,20,22);4-6H,1H2,2-3H3/b;5-4-,8-6?. The second kappa shape index (κ2) is 14.1. The SMILES string of the molecule is C=C(C)/C=C\C=NC.CC(=O)Nc1ccc(SOONC2NC(C)=CC3=CC=CNC32)cc1. The van der Waals surface area contributed by atoms with Gasteiger partial charge < -0.3 is 16.0 Å². The molecule has 0 aromatic heterocycles. The quantitative estimate of drug-likeness (QED) is 0.113. The third-order valence-electron chi connectivity index (χ3n) is 4.25. The van der Waals surface area contributed by atoms with E-state index in [9.17, 15) is 4.79 Å². The Morgan fingerprint density at radius 3 is 2.70 bits per heavy atom. The molecule has 0 aliphatic carbocycles. The zero-order valence-corrected chi connectivity index (χ0v) is 20.1. The number of allylic oxidation sites excluding steroid dienone is 6. The van der Waals surface area contributed by atoms with Crippen LogP contribution in [0.15, 0.2) is 94.2 Å². The van der Waals surface area contributed by atoms with Crippen LogP contribution in [0.3, 0.4) is 0 Å². The van der Waals surface area contributed by atoms with Gasteiger partial charge in [0.15, 0.2) is 0 Å². The van der Waals surface area contributed by atoms with E-state index in [2.05, 4.69) is 45.2 Å². The number of anilines is 1. The van der Waals surface area contributed by atoms with Crippen molar-refractivity contribution in [2.45, 2.75) is 37.9 Å². The molecular formula is C24H31N5O3S. The molecule has 2 heterocycles. The molecule has 2 atom stereocenters. The maximum Gasteiger partial charge on any atom is 0.221 e. The summed E-state index contributed by atoms with van der Waals surface area (Å²) in [6.07, 6.45) is 13.4. The van der Waals surface area contributed by atoms with Crippen LogP contribution in [0.25, 0.3) is 0 Å². The summed E-state index contributed by atoms with van der Waals surface area (Å²) in [5, 5.41) is 9.28. The molecule has 0 bridgehead atoms. The molecule has 0 fully saturated rings. The lowest BCUT2D eigenvalue weighted by Gasteiger charge is -2.35. The first-order valence-electron chi connectivity index (χ1n) is 10.3. The minimum Gasteiger partial charge on any atom is -0.381 e. The van der Waals surface area contributed by atoms with Crippen molar-refractivity contribution >= 4 is 29.9 Å². The largest absolute Gasteiger partial charge is 0.381 e. The first-order valence-corrected chi connectivity index (χ1v) is 11.1. The molecule has 1 aromatic rings. The Labute approximate surface area is 199 Å². The number of carbonyl (C=O) groups excluding carboxylic acids is 1. The number of hydrogen-bond donors (Lipinski definition) is 4. The van der Waals surface area contributed by atoms with E-state index in [1.165, 1.54) is 12.5 Å². The van der Waals surface area contributed by atoms with Crippen LogP contribution in [0, 0.1) is 0 Å². The molecule has 0 saturated carbocycles. The Bertz CT molecular complexity index is 949. The third-order valence-corrected chi connectivity index (χ3v) is 4.85. The van der Waals surface area contributed by atoms with Crippen LogP contribution in [0.4, 0.5) is 5.69 Å². The lowest BCUT2D eigenvalue weighted by atomic mass is 9.97. The molecular weight excluding hydrogens is 438 g/mol. The number of fused-ring (bicyclic) bond motifs is 1. The highest BCUT2D eigenvalue weighted by Crippen LogP contribution is 2.22. The van der Waals surface area contributed by atoms with Gasteiger partial charge in [0.05, 0.1) is 18.1 Å². The van der Waals surface area contributed by atoms with E-state index in [4.69, 9.17) is 9.32 Å². The summed E-state index contributed by atoms with van der Waals surface area (Å²) in [5.41, 5.74) is 6.86. The maximum absolute atomic E-state index is 11.0. The summed E-state index contributed by atoms with van der Waals surface area (Å²) in [6, 6.07) is 7.32. The average Bonchev–Trinajstić information content (AvgIpc) is 2.77. The number of amides is 1. The molecule has 3 rings (SSSR count). The van der Waals surface area contributed by atoms with Gasteiger partial charge in [-0.15, -0.1) is 14.8 Å². The molecule has 0 radical (unpaired) electrons. The summed E-state index contributed by atoms with van der Waals surface area (Å²) < 4.78 is 5.15. The monoisotopic (exact) mass is 469 g/mol. The van der Waals surface area contributed by atoms with Gasteiger partial charge in [-0.2, -0.15) is 0 Å². The third kappa shape index (κ3) is 9.92. The van der Waals surface area contributed by atoms with Crippen LogP contribution in [0.1, 0.15) is 20.8 Å². The Morgan fingerprint density at radius 2 is 2.03 bits per heavy atom. The smallest absolute Gasteiger partial charge is 0.221 e. The summed E-state index contributed by atoms with van der Waals surface area (Å²) in [4.78, 5) is 20.7. The van der Waals surface area contributed by atoms with E-state index in [1.54, 1.807) is 25.4 Å². The van der Waals surface area contributed by atoms with Crippen molar-refractivity contribution in [3.05, 3.63) is 84.3 Å². The van der Waals surface area contributed by atoms with Crippen molar-refractivity contribution in [1.82, 2.24) is 16.1 Å². The van der Waals surface area contributed by atoms with Crippen LogP contribution in [0.5, 0.6) is 0 Å². The van der Waals surface area contributed by atoms with Crippen LogP contribution in [-0.4, -0.2) is 31.4 Å². The molecule has 1 aromatic carbocycles. The minimum absolute atomic E-state index is 0.0549. The van der Waals surface area contributed by atoms with E-state index in [1.807, 2.05) is 50.4 Å². The number of nitrogens with one attached hydrogen (secondary N) is 4. The van der Waals surface area contributed by atoms with Crippen molar-refractivity contribution in [3.63, 3.8) is 0 Å². The highest BCUT2D eigenvalue weighted by molar-refractivity contribution is 7.94. The van der Waals surface area contributed by atoms with Crippen LogP contribution < -0.4 is 21.4 Å². The number of hydroxylamine groups is 1. The van der Waals surface area contributed by atoms with Gasteiger partial charge in [0, 0.05) is 36.5 Å². The van der Waals surface area contributed by atoms with Crippen molar-refractivity contribution < 1.29 is 14.1 Å². The summed E-state index contributed by atoms with van der Waals surface area (Å²) in [7, 11) is 1.74. The lowest BCUT2D eigenvalue weighted by molar-refractivity contribution is -0.256. The molecule has 8 nitrogen and oxygen atoms in total. The number of rotatable bonds is 8. The number of hydrogen-bond acceptors (Lipinski definition) is 8. The first-order chi connectivity index (χ1) is 15.9. The number of dihydropyridines is 1. The highest BCUT2D eigenvalue weighted by Gasteiger charge is 2.28. The van der Waals surface area contributed by atoms with E-state index < -0.39 is 0 Å². The second-order valence-corrected chi connectivity index (χ2v) is 8.06. The summed E-state index contributed by atoms with van der Waals surface area (Å²) >= 11 is 1.08. The topological polar surface area (TPSA) is 96.0 Å². The van der Waals surface area contributed by atoms with Crippen LogP contribution in [-0.2, 0) is 14.1 Å². The highest BCUT2D eigenvalue weighted by atomic mass is 32.2. The van der Waals surface area contributed by atoms with Crippen LogP contribution in [0.2, 0.25) is 0 Å². The zero-order valence-electron chi connectivity index (χ0n) is 19.3. The average molecular weight is 470 g/mol. The Morgan fingerprint density at radius 1 is 1.27 bits per heavy atom. The normalized spacial score (nSPS) is 18.9. The van der Waals surface area contributed by atoms with Crippen molar-refractivity contribution in [3.8, 4) is 0 Å². The molecule has 0 saturated heterocycles. The molecule has 33 heavy (non-hydrogen) atoms. The molecule has 9 heteroatoms. The van der Waals surface area contributed by atoms with Crippen molar-refractivity contribution in [1.29, 1.82) is 0 Å². The number of carbonyl (C=O) groups is 1. The number of nitrogens with zero attached hydrogens (tertiary/aromatic N) is 1. The Hall–Kier alpha value is -3.11. The van der Waals surface area contributed by atoms with Gasteiger partial charge in [-0.05, 0) is 68.1 Å². The number of aliphatic imine (C=N–C) groups is 1. The molecule has 1 amide bonds. The maximum atomic E-state index is 11.0. The fraction of sp³-hybridized carbons (Fsp3) is 0.250. The van der Waals surface area contributed by atoms with Gasteiger partial charge in [0.25, 0.3) is 0 Å². The molecule has 2 unspecified atom stereocenters. The Balaban J connectivity index is 0.000000414. The molecule has 176 valence electrons. The molecule has 0 spiro atoms.